The summed E-state index contributed by atoms with van der Waals surface area (Å²) in [7, 11) is 7.32. The fourth-order valence-corrected chi connectivity index (χ4v) is 3.40. The van der Waals surface area contributed by atoms with Gasteiger partial charge in [-0.2, -0.15) is 5.10 Å². The lowest BCUT2D eigenvalue weighted by molar-refractivity contribution is -0.0882. The van der Waals surface area contributed by atoms with Crippen molar-refractivity contribution < 1.29 is 14.2 Å². The van der Waals surface area contributed by atoms with Crippen LogP contribution in [0.25, 0.3) is 0 Å². The molecule has 0 amide bonds. The van der Waals surface area contributed by atoms with Crippen LogP contribution in [0.3, 0.4) is 0 Å². The normalized spacial score (nSPS) is 24.1. The maximum atomic E-state index is 6.27. The zero-order valence-electron chi connectivity index (χ0n) is 17.1. The molecule has 5 nitrogen and oxygen atoms in total. The number of hydrogen-bond acceptors (Lipinski definition) is 5. The van der Waals surface area contributed by atoms with E-state index in [1.165, 1.54) is 0 Å². The minimum atomic E-state index is -0.132. The Balaban J connectivity index is 2.23. The van der Waals surface area contributed by atoms with Gasteiger partial charge in [0.2, 0.25) is 0 Å². The number of allylic oxidation sites excluding steroid dienone is 1. The Kier molecular flexibility index (Phi) is 6.84. The van der Waals surface area contributed by atoms with Crippen molar-refractivity contribution in [2.45, 2.75) is 46.0 Å². The van der Waals surface area contributed by atoms with E-state index in [2.05, 4.69) is 31.9 Å². The minimum absolute atomic E-state index is 0.0504. The van der Waals surface area contributed by atoms with Crippen molar-refractivity contribution >= 4 is 5.71 Å². The third kappa shape index (κ3) is 5.08. The Morgan fingerprint density at radius 3 is 2.35 bits per heavy atom. The molecule has 1 aromatic carbocycles. The van der Waals surface area contributed by atoms with Crippen LogP contribution in [0.4, 0.5) is 0 Å². The molecular formula is C21H32N2O3. The molecule has 1 aliphatic rings. The molecule has 144 valence electrons. The summed E-state index contributed by atoms with van der Waals surface area (Å²) in [5.74, 6) is 0.847. The molecule has 0 saturated carbocycles. The van der Waals surface area contributed by atoms with Crippen LogP contribution < -0.4 is 4.74 Å². The van der Waals surface area contributed by atoms with Gasteiger partial charge in [0.25, 0.3) is 0 Å². The van der Waals surface area contributed by atoms with Crippen LogP contribution in [0, 0.1) is 5.41 Å². The molecule has 0 saturated heterocycles. The lowest BCUT2D eigenvalue weighted by Gasteiger charge is -2.35. The van der Waals surface area contributed by atoms with Crippen LogP contribution in [-0.4, -0.2) is 51.2 Å². The summed E-state index contributed by atoms with van der Waals surface area (Å²) in [5.41, 5.74) is 3.24. The molecule has 2 atom stereocenters. The van der Waals surface area contributed by atoms with E-state index in [1.54, 1.807) is 14.2 Å². The number of hydrazone groups is 1. The van der Waals surface area contributed by atoms with Gasteiger partial charge < -0.3 is 19.2 Å². The van der Waals surface area contributed by atoms with Crippen LogP contribution in [0.2, 0.25) is 0 Å². The van der Waals surface area contributed by atoms with E-state index >= 15 is 0 Å². The molecule has 0 aromatic heterocycles. The van der Waals surface area contributed by atoms with Gasteiger partial charge >= 0.3 is 0 Å². The van der Waals surface area contributed by atoms with Gasteiger partial charge in [-0.1, -0.05) is 26.0 Å². The van der Waals surface area contributed by atoms with Gasteiger partial charge in [-0.15, -0.1) is 0 Å². The van der Waals surface area contributed by atoms with Crippen LogP contribution in [0.15, 0.2) is 41.0 Å². The summed E-state index contributed by atoms with van der Waals surface area (Å²) in [6.07, 6.45) is 2.81. The first-order valence-electron chi connectivity index (χ1n) is 8.97. The molecule has 0 spiro atoms. The zero-order chi connectivity index (χ0) is 19.3. The van der Waals surface area contributed by atoms with E-state index in [0.717, 1.165) is 29.0 Å². The standard InChI is InChI=1S/C21H32N2O3/c1-15-12-19(26-14-16-8-10-17(24-6)11-9-16)20(25-7)21(2,3)13-18(15)22-23(4)5/h8-12,19-20H,13-14H2,1-7H3. The molecule has 0 fully saturated rings. The largest absolute Gasteiger partial charge is 0.497 e. The molecule has 5 heteroatoms. The molecule has 2 rings (SSSR count). The summed E-state index contributed by atoms with van der Waals surface area (Å²) in [6.45, 7) is 7.04. The third-order valence-electron chi connectivity index (χ3n) is 4.74. The van der Waals surface area contributed by atoms with Crippen molar-refractivity contribution in [3.05, 3.63) is 41.5 Å². The first kappa shape index (κ1) is 20.5. The van der Waals surface area contributed by atoms with Crippen molar-refractivity contribution in [1.82, 2.24) is 5.01 Å². The van der Waals surface area contributed by atoms with Gasteiger partial charge in [0.15, 0.2) is 0 Å². The maximum Gasteiger partial charge on any atom is 0.118 e. The smallest absolute Gasteiger partial charge is 0.118 e. The zero-order valence-corrected chi connectivity index (χ0v) is 17.1. The van der Waals surface area contributed by atoms with E-state index in [1.807, 2.05) is 43.4 Å². The second kappa shape index (κ2) is 8.69. The fourth-order valence-electron chi connectivity index (χ4n) is 3.40. The second-order valence-corrected chi connectivity index (χ2v) is 7.69. The SMILES string of the molecule is COc1ccc(COC2C=C(C)C(=NN(C)C)CC(C)(C)C2OC)cc1. The average molecular weight is 360 g/mol. The number of rotatable bonds is 6. The van der Waals surface area contributed by atoms with Gasteiger partial charge in [0.05, 0.1) is 25.5 Å². The number of ether oxygens (including phenoxy) is 3. The summed E-state index contributed by atoms with van der Waals surface area (Å²) >= 11 is 0. The van der Waals surface area contributed by atoms with E-state index in [9.17, 15) is 0 Å². The maximum absolute atomic E-state index is 6.27. The Morgan fingerprint density at radius 2 is 1.81 bits per heavy atom. The summed E-state index contributed by atoms with van der Waals surface area (Å²) in [5, 5.41) is 6.52. The highest BCUT2D eigenvalue weighted by molar-refractivity contribution is 6.00. The van der Waals surface area contributed by atoms with Crippen molar-refractivity contribution in [2.75, 3.05) is 28.3 Å². The number of methoxy groups -OCH3 is 2. The summed E-state index contributed by atoms with van der Waals surface area (Å²) < 4.78 is 17.4. The monoisotopic (exact) mass is 360 g/mol. The molecule has 2 unspecified atom stereocenters. The highest BCUT2D eigenvalue weighted by Gasteiger charge is 2.39. The van der Waals surface area contributed by atoms with Crippen LogP contribution >= 0.6 is 0 Å². The van der Waals surface area contributed by atoms with Gasteiger partial charge in [0.1, 0.15) is 11.9 Å². The first-order chi connectivity index (χ1) is 12.3. The van der Waals surface area contributed by atoms with Gasteiger partial charge in [-0.3, -0.25) is 0 Å². The third-order valence-corrected chi connectivity index (χ3v) is 4.74. The predicted molar refractivity (Wildman–Crippen MR) is 106 cm³/mol. The van der Waals surface area contributed by atoms with Crippen molar-refractivity contribution in [3.8, 4) is 5.75 Å². The van der Waals surface area contributed by atoms with Crippen LogP contribution in [0.5, 0.6) is 5.75 Å². The Bertz CT molecular complexity index is 648. The average Bonchev–Trinajstić information content (AvgIpc) is 2.67. The molecule has 1 aromatic rings. The number of benzene rings is 1. The Morgan fingerprint density at radius 1 is 1.15 bits per heavy atom. The fraction of sp³-hybridized carbons (Fsp3) is 0.571. The number of nitrogens with zero attached hydrogens (tertiary/aromatic N) is 2. The molecule has 0 bridgehead atoms. The molecule has 0 N–H and O–H groups in total. The van der Waals surface area contributed by atoms with Crippen LogP contribution in [-0.2, 0) is 16.1 Å². The Hall–Kier alpha value is -1.85. The molecule has 1 aliphatic carbocycles. The van der Waals surface area contributed by atoms with Gasteiger partial charge in [-0.05, 0) is 48.1 Å². The molecular weight excluding hydrogens is 328 g/mol. The Labute approximate surface area is 157 Å². The highest BCUT2D eigenvalue weighted by atomic mass is 16.5. The minimum Gasteiger partial charge on any atom is -0.497 e. The van der Waals surface area contributed by atoms with E-state index in [-0.39, 0.29) is 17.6 Å². The van der Waals surface area contributed by atoms with Crippen molar-refractivity contribution in [2.24, 2.45) is 10.5 Å². The van der Waals surface area contributed by atoms with E-state index in [4.69, 9.17) is 14.2 Å². The summed E-state index contributed by atoms with van der Waals surface area (Å²) in [6, 6.07) is 7.95. The van der Waals surface area contributed by atoms with E-state index < -0.39 is 0 Å². The quantitative estimate of drug-likeness (QED) is 0.722. The molecule has 0 aliphatic heterocycles. The van der Waals surface area contributed by atoms with Gasteiger partial charge in [-0.25, -0.2) is 0 Å². The summed E-state index contributed by atoms with van der Waals surface area (Å²) in [4.78, 5) is 0. The topological polar surface area (TPSA) is 43.3 Å². The van der Waals surface area contributed by atoms with Crippen molar-refractivity contribution in [1.29, 1.82) is 0 Å². The number of hydrogen-bond donors (Lipinski definition) is 0. The van der Waals surface area contributed by atoms with E-state index in [0.29, 0.717) is 6.61 Å². The molecule has 0 radical (unpaired) electrons. The molecule has 26 heavy (non-hydrogen) atoms. The molecule has 0 heterocycles. The van der Waals surface area contributed by atoms with Crippen LogP contribution in [0.1, 0.15) is 32.8 Å². The predicted octanol–water partition coefficient (Wildman–Crippen LogP) is 3.89. The lowest BCUT2D eigenvalue weighted by atomic mass is 9.80. The van der Waals surface area contributed by atoms with Gasteiger partial charge in [0, 0.05) is 21.2 Å². The first-order valence-corrected chi connectivity index (χ1v) is 8.97. The van der Waals surface area contributed by atoms with Crippen molar-refractivity contribution in [3.63, 3.8) is 0 Å². The highest BCUT2D eigenvalue weighted by Crippen LogP contribution is 2.36. The lowest BCUT2D eigenvalue weighted by Crippen LogP contribution is -2.41. The second-order valence-electron chi connectivity index (χ2n) is 7.69.